The van der Waals surface area contributed by atoms with Crippen LogP contribution in [0.4, 0.5) is 0 Å². The molecule has 30 rings (SSSR count). The van der Waals surface area contributed by atoms with Gasteiger partial charge in [-0.25, -0.2) is 0 Å². The number of benzene rings is 21. The number of hydrogen-bond acceptors (Lipinski definition) is 0. The molecular weight excluding hydrogens is 1710 g/mol. The molecule has 666 valence electrons. The molecule has 3 aliphatic carbocycles. The van der Waals surface area contributed by atoms with Crippen molar-refractivity contribution >= 4 is 131 Å². The highest BCUT2D eigenvalue weighted by molar-refractivity contribution is 6.19. The van der Waals surface area contributed by atoms with Crippen LogP contribution in [-0.4, -0.2) is 27.4 Å². The van der Waals surface area contributed by atoms with Crippen molar-refractivity contribution in [3.8, 4) is 101 Å². The summed E-state index contributed by atoms with van der Waals surface area (Å²) < 4.78 is 14.6. The van der Waals surface area contributed by atoms with Gasteiger partial charge in [0, 0.05) is 126 Å². The van der Waals surface area contributed by atoms with Crippen LogP contribution in [0.2, 0.25) is 0 Å². The molecule has 0 N–H and O–H groups in total. The van der Waals surface area contributed by atoms with Gasteiger partial charge >= 0.3 is 0 Å². The maximum atomic E-state index is 2.47. The number of nitrogens with zero attached hydrogens (tertiary/aromatic N) is 6. The quantitative estimate of drug-likeness (QED) is 0.138. The zero-order valence-electron chi connectivity index (χ0n) is 79.2. The van der Waals surface area contributed by atoms with E-state index in [4.69, 9.17) is 0 Å². The zero-order valence-corrected chi connectivity index (χ0v) is 79.2. The number of para-hydroxylation sites is 11. The molecule has 0 saturated heterocycles. The molecule has 0 unspecified atom stereocenters. The van der Waals surface area contributed by atoms with Crippen LogP contribution in [0.25, 0.3) is 232 Å². The first-order chi connectivity index (χ1) is 69.3. The zero-order chi connectivity index (χ0) is 93.8. The van der Waals surface area contributed by atoms with E-state index in [1.54, 1.807) is 0 Å². The monoisotopic (exact) mass is 1800 g/mol. The summed E-state index contributed by atoms with van der Waals surface area (Å²) in [6.07, 6.45) is 0. The summed E-state index contributed by atoms with van der Waals surface area (Å²) in [7, 11) is 0. The summed E-state index contributed by atoms with van der Waals surface area (Å²) in [4.78, 5) is 0. The van der Waals surface area contributed by atoms with Crippen molar-refractivity contribution in [1.29, 1.82) is 0 Å². The molecule has 6 heterocycles. The molecule has 0 bridgehead atoms. The average molecular weight is 1800 g/mol. The fraction of sp³-hybridized carbons (Fsp3) is 0.0667. The SMILES string of the molecule is CC1(C)c2ccccc2-c2cc3c(cc21)c1ccccc1n3-c1ccc(-c2cccc3c4ccccc4n(-c4ccccc4)c23)cc1.CC1(C)c2ccccc2-c2cc3c(cc21)c1ccccc1n3-c1cccc(-c2ccc3c(c2)c2ccccc2n3-c2ccccc2)c1.CC1(C)c2ccccc2-c2cc3c(cc21)c1ccccc1n3-c1cccc(-c2cccc3c4ccccc4n(-c4ccccc4)c23)c1. The van der Waals surface area contributed by atoms with E-state index in [1.165, 1.54) is 265 Å². The van der Waals surface area contributed by atoms with Gasteiger partial charge in [-0.2, -0.15) is 0 Å². The Bertz CT molecular complexity index is 9880. The first-order valence-corrected chi connectivity index (χ1v) is 49.4. The van der Waals surface area contributed by atoms with Gasteiger partial charge in [-0.15, -0.1) is 0 Å². The van der Waals surface area contributed by atoms with Crippen LogP contribution in [0.3, 0.4) is 0 Å². The molecule has 0 amide bonds. The lowest BCUT2D eigenvalue weighted by Crippen LogP contribution is -2.14. The Morgan fingerprint density at radius 2 is 0.376 bits per heavy atom. The van der Waals surface area contributed by atoms with Crippen molar-refractivity contribution in [1.82, 2.24) is 27.4 Å². The maximum Gasteiger partial charge on any atom is 0.0619 e. The van der Waals surface area contributed by atoms with Gasteiger partial charge < -0.3 is 27.4 Å². The first-order valence-electron chi connectivity index (χ1n) is 49.4. The second-order valence-electron chi connectivity index (χ2n) is 40.2. The van der Waals surface area contributed by atoms with Crippen molar-refractivity contribution in [2.24, 2.45) is 0 Å². The lowest BCUT2D eigenvalue weighted by Gasteiger charge is -2.21. The van der Waals surface area contributed by atoms with Crippen molar-refractivity contribution in [3.63, 3.8) is 0 Å². The van der Waals surface area contributed by atoms with E-state index in [-0.39, 0.29) is 16.2 Å². The Balaban J connectivity index is 0.000000104. The molecule has 0 fully saturated rings. The molecule has 0 aliphatic heterocycles. The van der Waals surface area contributed by atoms with E-state index in [2.05, 4.69) is 542 Å². The number of aromatic nitrogens is 6. The minimum atomic E-state index is -0.0425. The highest BCUT2D eigenvalue weighted by Crippen LogP contribution is 2.56. The molecule has 3 aliphatic rings. The Hall–Kier alpha value is -17.6. The van der Waals surface area contributed by atoms with Crippen molar-refractivity contribution in [2.75, 3.05) is 0 Å². The largest absolute Gasteiger partial charge is 0.309 e. The normalized spacial score (nSPS) is 13.5. The van der Waals surface area contributed by atoms with Crippen molar-refractivity contribution < 1.29 is 0 Å². The van der Waals surface area contributed by atoms with Gasteiger partial charge in [-0.05, 0) is 247 Å². The van der Waals surface area contributed by atoms with E-state index in [0.29, 0.717) is 0 Å². The predicted molar refractivity (Wildman–Crippen MR) is 594 cm³/mol. The van der Waals surface area contributed by atoms with E-state index >= 15 is 0 Å². The van der Waals surface area contributed by atoms with Gasteiger partial charge in [-0.1, -0.05) is 357 Å². The fourth-order valence-corrected chi connectivity index (χ4v) is 25.0. The lowest BCUT2D eigenvalue weighted by molar-refractivity contribution is 0.661. The van der Waals surface area contributed by atoms with Gasteiger partial charge in [0.25, 0.3) is 0 Å². The summed E-state index contributed by atoms with van der Waals surface area (Å²) in [6, 6.07) is 174. The third-order valence-electron chi connectivity index (χ3n) is 31.5. The van der Waals surface area contributed by atoms with Gasteiger partial charge in [0.2, 0.25) is 0 Å². The maximum absolute atomic E-state index is 2.47. The molecule has 6 aromatic heterocycles. The van der Waals surface area contributed by atoms with E-state index in [9.17, 15) is 0 Å². The third-order valence-corrected chi connectivity index (χ3v) is 31.5. The summed E-state index contributed by atoms with van der Waals surface area (Å²) >= 11 is 0. The molecule has 0 saturated carbocycles. The summed E-state index contributed by atoms with van der Waals surface area (Å²) in [5.41, 5.74) is 45.5. The minimum absolute atomic E-state index is 0.0335. The standard InChI is InChI=1S/3C45H32N2/c1-45(2)39-23-9-6-18-33(39)37-28-43-38(27-40(37)45)35-20-8-10-24-41(35)46(43)31-17-12-14-29(26-31)32-21-13-22-36-34-19-7-11-25-42(34)47(44(32)36)30-15-4-3-5-16-30;1-45(2)39-20-9-6-15-33(39)37-28-43-38(27-40(37)45)35-17-8-10-21-41(35)46(43)31-25-23-29(24-26-31)32-18-12-19-36-34-16-7-11-22-42(34)47(44(32)36)30-13-4-3-5-14-30;1-45(2)39-20-9-6-17-33(39)36-28-44-38(27-40(36)45)35-19-8-11-22-42(35)47(44)32-16-12-13-29(25-32)30-23-24-43-37(26-30)34-18-7-10-21-41(34)46(43)31-14-4-3-5-15-31/h3*3-28H,1-2H3. The van der Waals surface area contributed by atoms with Crippen LogP contribution in [0.15, 0.2) is 473 Å². The Labute approximate surface area is 817 Å². The van der Waals surface area contributed by atoms with Crippen LogP contribution in [-0.2, 0) is 16.2 Å². The lowest BCUT2D eigenvalue weighted by atomic mass is 9.82. The van der Waals surface area contributed by atoms with Gasteiger partial charge in [0.05, 0.1) is 66.2 Å². The smallest absolute Gasteiger partial charge is 0.0619 e. The molecule has 0 atom stereocenters. The van der Waals surface area contributed by atoms with Crippen molar-refractivity contribution in [2.45, 2.75) is 57.8 Å². The molecule has 6 heteroatoms. The number of rotatable bonds is 9. The molecular formula is C135H96N6. The molecule has 6 nitrogen and oxygen atoms in total. The minimum Gasteiger partial charge on any atom is -0.309 e. The van der Waals surface area contributed by atoms with Crippen LogP contribution < -0.4 is 0 Å². The van der Waals surface area contributed by atoms with E-state index in [1.807, 2.05) is 0 Å². The van der Waals surface area contributed by atoms with Crippen LogP contribution in [0.1, 0.15) is 74.9 Å². The van der Waals surface area contributed by atoms with Crippen molar-refractivity contribution in [3.05, 3.63) is 507 Å². The van der Waals surface area contributed by atoms with E-state index < -0.39 is 0 Å². The summed E-state index contributed by atoms with van der Waals surface area (Å²) in [6.45, 7) is 14.2. The average Bonchev–Trinajstić information content (AvgIpc) is 1.55. The third kappa shape index (κ3) is 12.3. The van der Waals surface area contributed by atoms with Gasteiger partial charge in [0.15, 0.2) is 0 Å². The Kier molecular flexibility index (Phi) is 18.1. The van der Waals surface area contributed by atoms with Gasteiger partial charge in [-0.3, -0.25) is 0 Å². The van der Waals surface area contributed by atoms with Crippen LogP contribution in [0, 0.1) is 0 Å². The molecule has 141 heavy (non-hydrogen) atoms. The molecule has 0 spiro atoms. The highest BCUT2D eigenvalue weighted by Gasteiger charge is 2.40. The van der Waals surface area contributed by atoms with Crippen LogP contribution in [0.5, 0.6) is 0 Å². The van der Waals surface area contributed by atoms with Crippen LogP contribution >= 0.6 is 0 Å². The predicted octanol–water partition coefficient (Wildman–Crippen LogP) is 35.6. The number of hydrogen-bond donors (Lipinski definition) is 0. The number of fused-ring (bicyclic) bond motifs is 27. The highest BCUT2D eigenvalue weighted by atomic mass is 15.0. The molecule has 21 aromatic carbocycles. The Morgan fingerprint density at radius 3 is 0.773 bits per heavy atom. The van der Waals surface area contributed by atoms with E-state index in [0.717, 1.165) is 0 Å². The first kappa shape index (κ1) is 81.7. The summed E-state index contributed by atoms with van der Waals surface area (Å²) in [5, 5.41) is 15.4. The Morgan fingerprint density at radius 1 is 0.128 bits per heavy atom. The van der Waals surface area contributed by atoms with Gasteiger partial charge in [0.1, 0.15) is 0 Å². The molecule has 27 aromatic rings. The fourth-order valence-electron chi connectivity index (χ4n) is 25.0. The second kappa shape index (κ2) is 31.2. The summed E-state index contributed by atoms with van der Waals surface area (Å²) in [5.74, 6) is 0. The molecule has 0 radical (unpaired) electrons. The topological polar surface area (TPSA) is 29.6 Å². The second-order valence-corrected chi connectivity index (χ2v) is 40.2.